The number of benzene rings is 2. The maximum absolute atomic E-state index is 10.9. The van der Waals surface area contributed by atoms with E-state index in [4.69, 9.17) is 4.74 Å². The van der Waals surface area contributed by atoms with E-state index in [1.54, 1.807) is 0 Å². The van der Waals surface area contributed by atoms with Gasteiger partial charge in [-0.15, -0.1) is 0 Å². The first-order chi connectivity index (χ1) is 10.3. The van der Waals surface area contributed by atoms with E-state index >= 15 is 0 Å². The van der Waals surface area contributed by atoms with Crippen molar-refractivity contribution in [2.75, 3.05) is 13.7 Å². The second kappa shape index (κ2) is 7.94. The van der Waals surface area contributed by atoms with Crippen LogP contribution in [0.2, 0.25) is 0 Å². The third-order valence-corrected chi connectivity index (χ3v) is 3.04. The molecule has 2 rings (SSSR count). The van der Waals surface area contributed by atoms with Crippen molar-refractivity contribution in [1.29, 1.82) is 0 Å². The van der Waals surface area contributed by atoms with Gasteiger partial charge >= 0.3 is 6.09 Å². The molecular formula is C17H19NO3. The molecule has 0 spiro atoms. The standard InChI is InChI=1S/C17H19NO3/c1-20-17(19)18-12-11-14-7-9-16(10-8-14)21-13-15-5-3-2-4-6-15/h2-10H,11-13H2,1H3,(H,18,19). The highest BCUT2D eigenvalue weighted by Crippen LogP contribution is 2.14. The Hall–Kier alpha value is -2.49. The van der Waals surface area contributed by atoms with E-state index in [-0.39, 0.29) is 0 Å². The molecule has 0 aliphatic rings. The summed E-state index contributed by atoms with van der Waals surface area (Å²) in [5, 5.41) is 2.65. The summed E-state index contributed by atoms with van der Waals surface area (Å²) in [6.45, 7) is 1.11. The highest BCUT2D eigenvalue weighted by atomic mass is 16.5. The van der Waals surface area contributed by atoms with E-state index in [0.717, 1.165) is 23.3 Å². The predicted octanol–water partition coefficient (Wildman–Crippen LogP) is 3.16. The first-order valence-electron chi connectivity index (χ1n) is 6.85. The van der Waals surface area contributed by atoms with Crippen molar-refractivity contribution >= 4 is 6.09 Å². The van der Waals surface area contributed by atoms with Gasteiger partial charge in [0.1, 0.15) is 12.4 Å². The Kier molecular flexibility index (Phi) is 5.64. The topological polar surface area (TPSA) is 47.6 Å². The third-order valence-electron chi connectivity index (χ3n) is 3.04. The number of carbonyl (C=O) groups is 1. The van der Waals surface area contributed by atoms with Crippen molar-refractivity contribution in [1.82, 2.24) is 5.32 Å². The number of nitrogens with one attached hydrogen (secondary N) is 1. The minimum atomic E-state index is -0.405. The van der Waals surface area contributed by atoms with E-state index in [1.807, 2.05) is 54.6 Å². The number of amides is 1. The van der Waals surface area contributed by atoms with Gasteiger partial charge in [-0.1, -0.05) is 42.5 Å². The minimum absolute atomic E-state index is 0.405. The normalized spacial score (nSPS) is 9.95. The number of ether oxygens (including phenoxy) is 2. The summed E-state index contributed by atoms with van der Waals surface area (Å²) in [7, 11) is 1.36. The molecule has 0 atom stereocenters. The van der Waals surface area contributed by atoms with Crippen LogP contribution in [0.15, 0.2) is 54.6 Å². The molecule has 0 aromatic heterocycles. The lowest BCUT2D eigenvalue weighted by atomic mass is 10.1. The summed E-state index contributed by atoms with van der Waals surface area (Å²) < 4.78 is 10.2. The van der Waals surface area contributed by atoms with Crippen LogP contribution in [0.4, 0.5) is 4.79 Å². The second-order valence-electron chi connectivity index (χ2n) is 4.59. The van der Waals surface area contributed by atoms with Gasteiger partial charge in [0.25, 0.3) is 0 Å². The zero-order valence-electron chi connectivity index (χ0n) is 12.0. The smallest absolute Gasteiger partial charge is 0.406 e. The average Bonchev–Trinajstić information content (AvgIpc) is 2.55. The van der Waals surface area contributed by atoms with Crippen molar-refractivity contribution in [2.24, 2.45) is 0 Å². The molecule has 2 aromatic carbocycles. The highest BCUT2D eigenvalue weighted by Gasteiger charge is 1.99. The Balaban J connectivity index is 1.78. The molecule has 1 amide bonds. The van der Waals surface area contributed by atoms with Gasteiger partial charge < -0.3 is 14.8 Å². The predicted molar refractivity (Wildman–Crippen MR) is 81.3 cm³/mol. The summed E-state index contributed by atoms with van der Waals surface area (Å²) in [4.78, 5) is 10.9. The van der Waals surface area contributed by atoms with Gasteiger partial charge in [-0.3, -0.25) is 0 Å². The zero-order chi connectivity index (χ0) is 14.9. The minimum Gasteiger partial charge on any atom is -0.489 e. The van der Waals surface area contributed by atoms with Crippen LogP contribution >= 0.6 is 0 Å². The highest BCUT2D eigenvalue weighted by molar-refractivity contribution is 5.66. The van der Waals surface area contributed by atoms with Gasteiger partial charge in [0.05, 0.1) is 7.11 Å². The fourth-order valence-corrected chi connectivity index (χ4v) is 1.87. The number of carbonyl (C=O) groups excluding carboxylic acids is 1. The molecule has 0 radical (unpaired) electrons. The van der Waals surface area contributed by atoms with Crippen molar-refractivity contribution in [3.63, 3.8) is 0 Å². The zero-order valence-corrected chi connectivity index (χ0v) is 12.0. The van der Waals surface area contributed by atoms with Crippen LogP contribution in [0.3, 0.4) is 0 Å². The Labute approximate surface area is 124 Å². The lowest BCUT2D eigenvalue weighted by Gasteiger charge is -2.08. The maximum Gasteiger partial charge on any atom is 0.406 e. The van der Waals surface area contributed by atoms with Gasteiger partial charge in [-0.05, 0) is 29.7 Å². The average molecular weight is 285 g/mol. The summed E-state index contributed by atoms with van der Waals surface area (Å²) in [6, 6.07) is 17.9. The molecule has 0 heterocycles. The van der Waals surface area contributed by atoms with Gasteiger partial charge in [0, 0.05) is 6.54 Å². The van der Waals surface area contributed by atoms with Crippen molar-refractivity contribution in [2.45, 2.75) is 13.0 Å². The fraction of sp³-hybridized carbons (Fsp3) is 0.235. The first-order valence-corrected chi connectivity index (χ1v) is 6.85. The molecule has 0 unspecified atom stereocenters. The SMILES string of the molecule is COC(=O)NCCc1ccc(OCc2ccccc2)cc1. The number of hydrogen-bond donors (Lipinski definition) is 1. The Morgan fingerprint density at radius 3 is 2.38 bits per heavy atom. The Morgan fingerprint density at radius 1 is 1.00 bits per heavy atom. The Morgan fingerprint density at radius 2 is 1.71 bits per heavy atom. The van der Waals surface area contributed by atoms with Crippen LogP contribution in [0.5, 0.6) is 5.75 Å². The largest absolute Gasteiger partial charge is 0.489 e. The number of rotatable bonds is 6. The number of methoxy groups -OCH3 is 1. The lowest BCUT2D eigenvalue weighted by molar-refractivity contribution is 0.171. The molecule has 0 fully saturated rings. The van der Waals surface area contributed by atoms with E-state index in [1.165, 1.54) is 7.11 Å². The molecule has 0 bridgehead atoms. The molecule has 2 aromatic rings. The second-order valence-corrected chi connectivity index (χ2v) is 4.59. The summed E-state index contributed by atoms with van der Waals surface area (Å²) in [6.07, 6.45) is 0.353. The summed E-state index contributed by atoms with van der Waals surface area (Å²) in [5.41, 5.74) is 2.28. The molecule has 0 aliphatic heterocycles. The maximum atomic E-state index is 10.9. The molecule has 0 saturated carbocycles. The van der Waals surface area contributed by atoms with Crippen molar-refractivity contribution in [3.05, 3.63) is 65.7 Å². The lowest BCUT2D eigenvalue weighted by Crippen LogP contribution is -2.25. The van der Waals surface area contributed by atoms with Crippen LogP contribution in [0, 0.1) is 0 Å². The van der Waals surface area contributed by atoms with Gasteiger partial charge in [0.2, 0.25) is 0 Å². The first kappa shape index (κ1) is 14.9. The van der Waals surface area contributed by atoms with Crippen LogP contribution in [-0.4, -0.2) is 19.7 Å². The number of alkyl carbamates (subject to hydrolysis) is 1. The molecular weight excluding hydrogens is 266 g/mol. The van der Waals surface area contributed by atoms with E-state index in [0.29, 0.717) is 13.2 Å². The quantitative estimate of drug-likeness (QED) is 0.887. The van der Waals surface area contributed by atoms with E-state index in [9.17, 15) is 4.79 Å². The van der Waals surface area contributed by atoms with E-state index < -0.39 is 6.09 Å². The summed E-state index contributed by atoms with van der Waals surface area (Å²) >= 11 is 0. The molecule has 110 valence electrons. The van der Waals surface area contributed by atoms with Crippen LogP contribution in [-0.2, 0) is 17.8 Å². The van der Waals surface area contributed by atoms with Crippen LogP contribution in [0.1, 0.15) is 11.1 Å². The molecule has 21 heavy (non-hydrogen) atoms. The molecule has 0 saturated heterocycles. The number of hydrogen-bond acceptors (Lipinski definition) is 3. The molecule has 0 aliphatic carbocycles. The van der Waals surface area contributed by atoms with E-state index in [2.05, 4.69) is 10.1 Å². The molecule has 4 nitrogen and oxygen atoms in total. The third kappa shape index (κ3) is 5.18. The van der Waals surface area contributed by atoms with Gasteiger partial charge in [-0.2, -0.15) is 0 Å². The Bertz CT molecular complexity index is 552. The molecule has 4 heteroatoms. The fourth-order valence-electron chi connectivity index (χ4n) is 1.87. The van der Waals surface area contributed by atoms with Crippen LogP contribution in [0.25, 0.3) is 0 Å². The van der Waals surface area contributed by atoms with Crippen molar-refractivity contribution in [3.8, 4) is 5.75 Å². The monoisotopic (exact) mass is 285 g/mol. The van der Waals surface area contributed by atoms with Gasteiger partial charge in [-0.25, -0.2) is 4.79 Å². The van der Waals surface area contributed by atoms with Gasteiger partial charge in [0.15, 0.2) is 0 Å². The van der Waals surface area contributed by atoms with Crippen molar-refractivity contribution < 1.29 is 14.3 Å². The molecule has 1 N–H and O–H groups in total. The van der Waals surface area contributed by atoms with Crippen LogP contribution < -0.4 is 10.1 Å². The summed E-state index contributed by atoms with van der Waals surface area (Å²) in [5.74, 6) is 0.837.